The van der Waals surface area contributed by atoms with Crippen LogP contribution >= 0.6 is 0 Å². The molecule has 10 rings (SSSR count). The molecule has 4 heterocycles. The fourth-order valence-corrected chi connectivity index (χ4v) is 8.77. The van der Waals surface area contributed by atoms with Crippen LogP contribution in [0.1, 0.15) is 33.4 Å². The van der Waals surface area contributed by atoms with Crippen molar-refractivity contribution in [2.45, 2.75) is 11.8 Å². The van der Waals surface area contributed by atoms with Gasteiger partial charge in [0.05, 0.1) is 17.5 Å². The number of hydrogen-bond donors (Lipinski definition) is 0. The fraction of sp³-hybridized carbons (Fsp3) is 0.0513. The molecule has 0 amide bonds. The maximum atomic E-state index is 8.25. The third kappa shape index (κ3) is 2.41. The lowest BCUT2D eigenvalue weighted by atomic mass is 9.27. The van der Waals surface area contributed by atoms with Crippen molar-refractivity contribution in [3.8, 4) is 5.69 Å². The van der Waals surface area contributed by atoms with E-state index < -0.39 is 5.41 Å². The first-order chi connectivity index (χ1) is 20.8. The molecule has 7 aromatic rings. The SMILES string of the molecule is [C-]#[N+]c1cc2c3ccccc3n3c2c2c1Cc1cccc4c1B2c1c-3cccc1C4(c1ccccc1)c1ccccc1. The van der Waals surface area contributed by atoms with E-state index in [-0.39, 0.29) is 6.71 Å². The summed E-state index contributed by atoms with van der Waals surface area (Å²) in [6, 6.07) is 46.9. The molecule has 2 nitrogen and oxygen atoms in total. The highest BCUT2D eigenvalue weighted by Gasteiger charge is 2.53. The van der Waals surface area contributed by atoms with Gasteiger partial charge in [-0.2, -0.15) is 0 Å². The van der Waals surface area contributed by atoms with Gasteiger partial charge in [-0.15, -0.1) is 0 Å². The van der Waals surface area contributed by atoms with Crippen molar-refractivity contribution in [3.63, 3.8) is 0 Å². The Bertz CT molecular complexity index is 2300. The molecule has 3 aliphatic rings. The molecule has 3 aliphatic heterocycles. The molecule has 0 radical (unpaired) electrons. The molecule has 0 fully saturated rings. The topological polar surface area (TPSA) is 9.29 Å². The second kappa shape index (κ2) is 7.69. The molecule has 0 unspecified atom stereocenters. The minimum atomic E-state index is -0.468. The van der Waals surface area contributed by atoms with E-state index in [1.807, 2.05) is 0 Å². The maximum absolute atomic E-state index is 8.25. The van der Waals surface area contributed by atoms with Crippen molar-refractivity contribution < 1.29 is 0 Å². The Labute approximate surface area is 244 Å². The summed E-state index contributed by atoms with van der Waals surface area (Å²) in [5.41, 5.74) is 16.0. The smallest absolute Gasteiger partial charge is 0.246 e. The Morgan fingerprint density at radius 1 is 0.643 bits per heavy atom. The molecule has 1 aromatic heterocycles. The number of para-hydroxylation sites is 1. The summed E-state index contributed by atoms with van der Waals surface area (Å²) >= 11 is 0. The van der Waals surface area contributed by atoms with Gasteiger partial charge in [0.25, 0.3) is 0 Å². The molecular weight excluding hydrogens is 507 g/mol. The first-order valence-corrected chi connectivity index (χ1v) is 14.7. The molecule has 0 atom stereocenters. The van der Waals surface area contributed by atoms with Crippen LogP contribution in [-0.2, 0) is 11.8 Å². The van der Waals surface area contributed by atoms with Gasteiger partial charge in [-0.3, -0.25) is 0 Å². The summed E-state index contributed by atoms with van der Waals surface area (Å²) < 4.78 is 2.51. The average Bonchev–Trinajstić information content (AvgIpc) is 3.39. The van der Waals surface area contributed by atoms with Gasteiger partial charge in [0.1, 0.15) is 0 Å². The van der Waals surface area contributed by atoms with Crippen LogP contribution in [0.3, 0.4) is 0 Å². The van der Waals surface area contributed by atoms with E-state index in [4.69, 9.17) is 6.57 Å². The van der Waals surface area contributed by atoms with Crippen molar-refractivity contribution >= 4 is 50.6 Å². The Morgan fingerprint density at radius 2 is 1.31 bits per heavy atom. The van der Waals surface area contributed by atoms with Gasteiger partial charge in [-0.25, -0.2) is 4.85 Å². The van der Waals surface area contributed by atoms with E-state index in [0.717, 1.165) is 12.1 Å². The molecule has 6 aromatic carbocycles. The van der Waals surface area contributed by atoms with Gasteiger partial charge in [-0.05, 0) is 68.8 Å². The molecule has 0 saturated carbocycles. The lowest BCUT2D eigenvalue weighted by Gasteiger charge is -2.48. The van der Waals surface area contributed by atoms with E-state index in [9.17, 15) is 0 Å². The van der Waals surface area contributed by atoms with Crippen molar-refractivity contribution in [2.24, 2.45) is 0 Å². The van der Waals surface area contributed by atoms with Crippen LogP contribution in [0.2, 0.25) is 0 Å². The van der Waals surface area contributed by atoms with E-state index in [1.165, 1.54) is 77.3 Å². The van der Waals surface area contributed by atoms with Gasteiger partial charge in [0, 0.05) is 16.6 Å². The van der Waals surface area contributed by atoms with Crippen LogP contribution in [0, 0.1) is 6.57 Å². The van der Waals surface area contributed by atoms with Crippen LogP contribution in [0.5, 0.6) is 0 Å². The number of fused-ring (bicyclic) bond motifs is 4. The summed E-state index contributed by atoms with van der Waals surface area (Å²) in [7, 11) is 0. The fourth-order valence-electron chi connectivity index (χ4n) is 8.77. The molecule has 42 heavy (non-hydrogen) atoms. The monoisotopic (exact) mass is 530 g/mol. The second-order valence-electron chi connectivity index (χ2n) is 11.9. The molecule has 0 aliphatic carbocycles. The standard InChI is InChI=1S/C39H23BN2/c1-41-32-23-28-27-17-8-9-20-33(27)42-34-21-11-19-31-37(34)40-35-24(22-29(32)36(40)38(28)42)12-10-18-30(35)39(31,25-13-4-2-5-14-25)26-15-6-3-7-16-26/h2-21,23H,22H2. The van der Waals surface area contributed by atoms with Crippen LogP contribution < -0.4 is 16.4 Å². The van der Waals surface area contributed by atoms with Gasteiger partial charge in [0.15, 0.2) is 5.69 Å². The Balaban J connectivity index is 1.49. The Morgan fingerprint density at radius 3 is 2.05 bits per heavy atom. The molecular formula is C39H23BN2. The maximum Gasteiger partial charge on any atom is 0.246 e. The Hall–Kier alpha value is -5.33. The number of aromatic nitrogens is 1. The van der Waals surface area contributed by atoms with Crippen molar-refractivity contribution in [1.29, 1.82) is 0 Å². The lowest BCUT2D eigenvalue weighted by Crippen LogP contribution is -2.67. The van der Waals surface area contributed by atoms with E-state index >= 15 is 0 Å². The highest BCUT2D eigenvalue weighted by molar-refractivity contribution is 7.00. The number of rotatable bonds is 2. The quantitative estimate of drug-likeness (QED) is 0.173. The predicted octanol–water partition coefficient (Wildman–Crippen LogP) is 6.76. The third-order valence-corrected chi connectivity index (χ3v) is 10.2. The summed E-state index contributed by atoms with van der Waals surface area (Å²) in [4.78, 5) is 4.14. The minimum absolute atomic E-state index is 0.0905. The summed E-state index contributed by atoms with van der Waals surface area (Å²) in [5.74, 6) is 0. The molecule has 0 bridgehead atoms. The summed E-state index contributed by atoms with van der Waals surface area (Å²) in [6.07, 6.45) is 0.779. The largest absolute Gasteiger partial charge is 0.310 e. The van der Waals surface area contributed by atoms with Crippen LogP contribution in [-0.4, -0.2) is 11.3 Å². The zero-order chi connectivity index (χ0) is 27.6. The Kier molecular flexibility index (Phi) is 4.10. The van der Waals surface area contributed by atoms with Crippen LogP contribution in [0.25, 0.3) is 32.3 Å². The highest BCUT2D eigenvalue weighted by atomic mass is 15.0. The van der Waals surface area contributed by atoms with Crippen molar-refractivity contribution in [1.82, 2.24) is 4.57 Å². The summed E-state index contributed by atoms with van der Waals surface area (Å²) in [5, 5.41) is 2.41. The van der Waals surface area contributed by atoms with Crippen molar-refractivity contribution in [3.05, 3.63) is 172 Å². The second-order valence-corrected chi connectivity index (χ2v) is 11.9. The number of nitrogens with zero attached hydrogens (tertiary/aromatic N) is 2. The third-order valence-electron chi connectivity index (χ3n) is 10.2. The first kappa shape index (κ1) is 22.4. The molecule has 0 saturated heterocycles. The van der Waals surface area contributed by atoms with Gasteiger partial charge in [-0.1, -0.05) is 120 Å². The first-order valence-electron chi connectivity index (χ1n) is 14.7. The normalized spacial score (nSPS) is 14.7. The van der Waals surface area contributed by atoms with Crippen molar-refractivity contribution in [2.75, 3.05) is 0 Å². The molecule has 0 spiro atoms. The van der Waals surface area contributed by atoms with E-state index in [1.54, 1.807) is 0 Å². The van der Waals surface area contributed by atoms with Gasteiger partial charge < -0.3 is 4.57 Å². The van der Waals surface area contributed by atoms with Crippen LogP contribution in [0.4, 0.5) is 5.69 Å². The zero-order valence-electron chi connectivity index (χ0n) is 22.8. The van der Waals surface area contributed by atoms with E-state index in [0.29, 0.717) is 0 Å². The molecule has 0 N–H and O–H groups in total. The van der Waals surface area contributed by atoms with Gasteiger partial charge in [0.2, 0.25) is 6.71 Å². The number of hydrogen-bond acceptors (Lipinski definition) is 0. The molecule has 3 heteroatoms. The molecule has 192 valence electrons. The summed E-state index contributed by atoms with van der Waals surface area (Å²) in [6.45, 7) is 8.34. The lowest BCUT2D eigenvalue weighted by molar-refractivity contribution is 0.748. The van der Waals surface area contributed by atoms with Crippen LogP contribution in [0.15, 0.2) is 127 Å². The number of benzene rings is 6. The van der Waals surface area contributed by atoms with E-state index in [2.05, 4.69) is 137 Å². The zero-order valence-corrected chi connectivity index (χ0v) is 22.8. The highest BCUT2D eigenvalue weighted by Crippen LogP contribution is 2.49. The predicted molar refractivity (Wildman–Crippen MR) is 173 cm³/mol. The van der Waals surface area contributed by atoms with Gasteiger partial charge >= 0.3 is 0 Å². The minimum Gasteiger partial charge on any atom is -0.310 e. The average molecular weight is 530 g/mol.